The first-order valence-corrected chi connectivity index (χ1v) is 9.28. The average molecular weight is 533 g/mol. The SMILES string of the molecule is Cc1cc(OCC(=O)OCC(C)(C)NC(=O)c2cc[n+](C)cc2)cc(C)c1Cl.[I-]. The fourth-order valence-electron chi connectivity index (χ4n) is 2.50. The van der Waals surface area contributed by atoms with Gasteiger partial charge in [0.05, 0.1) is 11.1 Å². The minimum absolute atomic E-state index is 0. The van der Waals surface area contributed by atoms with E-state index < -0.39 is 11.5 Å². The third-order valence-electron chi connectivity index (χ3n) is 4.05. The Morgan fingerprint density at radius 1 is 1.14 bits per heavy atom. The van der Waals surface area contributed by atoms with Crippen LogP contribution in [0.15, 0.2) is 36.7 Å². The third kappa shape index (κ3) is 7.81. The predicted octanol–water partition coefficient (Wildman–Crippen LogP) is -0.0841. The van der Waals surface area contributed by atoms with Crippen LogP contribution in [0.4, 0.5) is 0 Å². The van der Waals surface area contributed by atoms with Gasteiger partial charge in [0.1, 0.15) is 19.4 Å². The van der Waals surface area contributed by atoms with Crippen LogP contribution in [-0.4, -0.2) is 30.6 Å². The zero-order chi connectivity index (χ0) is 20.9. The topological polar surface area (TPSA) is 68.5 Å². The van der Waals surface area contributed by atoms with Crippen LogP contribution in [0.25, 0.3) is 0 Å². The number of hydrogen-bond donors (Lipinski definition) is 1. The number of nitrogens with one attached hydrogen (secondary N) is 1. The van der Waals surface area contributed by atoms with Gasteiger partial charge in [-0.25, -0.2) is 9.36 Å². The lowest BCUT2D eigenvalue weighted by atomic mass is 10.1. The molecule has 0 fully saturated rings. The lowest BCUT2D eigenvalue weighted by Gasteiger charge is -2.25. The van der Waals surface area contributed by atoms with E-state index in [0.29, 0.717) is 16.3 Å². The van der Waals surface area contributed by atoms with Gasteiger partial charge in [0.15, 0.2) is 19.0 Å². The minimum Gasteiger partial charge on any atom is -1.00 e. The summed E-state index contributed by atoms with van der Waals surface area (Å²) in [5.41, 5.74) is 1.57. The molecule has 0 saturated carbocycles. The first-order chi connectivity index (χ1) is 13.1. The number of nitrogens with zero attached hydrogens (tertiary/aromatic N) is 1. The molecule has 1 amide bonds. The van der Waals surface area contributed by atoms with Crippen molar-refractivity contribution < 1.29 is 47.6 Å². The van der Waals surface area contributed by atoms with Crippen LogP contribution >= 0.6 is 11.6 Å². The maximum Gasteiger partial charge on any atom is 0.344 e. The van der Waals surface area contributed by atoms with Gasteiger partial charge in [0.2, 0.25) is 0 Å². The molecule has 0 saturated heterocycles. The number of carbonyl (C=O) groups is 2. The Bertz CT molecular complexity index is 846. The molecule has 1 N–H and O–H groups in total. The van der Waals surface area contributed by atoms with Crippen LogP contribution in [-0.2, 0) is 16.6 Å². The number of aromatic nitrogens is 1. The summed E-state index contributed by atoms with van der Waals surface area (Å²) in [6.45, 7) is 7.12. The quantitative estimate of drug-likeness (QED) is 0.308. The van der Waals surface area contributed by atoms with Crippen LogP contribution < -0.4 is 38.6 Å². The number of ether oxygens (including phenoxy) is 2. The molecule has 0 spiro atoms. The van der Waals surface area contributed by atoms with Crippen molar-refractivity contribution in [2.24, 2.45) is 7.05 Å². The first-order valence-electron chi connectivity index (χ1n) is 8.90. The fraction of sp³-hybridized carbons (Fsp3) is 0.381. The van der Waals surface area contributed by atoms with Crippen molar-refractivity contribution >= 4 is 23.5 Å². The highest BCUT2D eigenvalue weighted by atomic mass is 127. The molecule has 0 bridgehead atoms. The molecule has 0 aliphatic carbocycles. The number of aryl methyl sites for hydroxylation is 3. The molecule has 1 aromatic carbocycles. The van der Waals surface area contributed by atoms with Gasteiger partial charge < -0.3 is 38.8 Å². The van der Waals surface area contributed by atoms with Crippen molar-refractivity contribution in [3.8, 4) is 5.75 Å². The molecule has 1 heterocycles. The van der Waals surface area contributed by atoms with E-state index in [2.05, 4.69) is 5.32 Å². The van der Waals surface area contributed by atoms with Gasteiger partial charge in [-0.1, -0.05) is 11.6 Å². The number of hydrogen-bond acceptors (Lipinski definition) is 4. The van der Waals surface area contributed by atoms with Crippen molar-refractivity contribution in [3.63, 3.8) is 0 Å². The van der Waals surface area contributed by atoms with Crippen molar-refractivity contribution in [3.05, 3.63) is 58.4 Å². The number of pyridine rings is 1. The molecule has 0 unspecified atom stereocenters. The van der Waals surface area contributed by atoms with Gasteiger partial charge in [-0.15, -0.1) is 0 Å². The average Bonchev–Trinajstić information content (AvgIpc) is 2.62. The molecule has 0 aliphatic heterocycles. The molecule has 2 rings (SSSR count). The number of carbonyl (C=O) groups excluding carboxylic acids is 2. The number of halogens is 2. The molecule has 29 heavy (non-hydrogen) atoms. The van der Waals surface area contributed by atoms with Gasteiger partial charge in [0, 0.05) is 17.2 Å². The summed E-state index contributed by atoms with van der Waals surface area (Å²) in [5.74, 6) is -0.189. The van der Waals surface area contributed by atoms with Crippen LogP contribution in [0.5, 0.6) is 5.75 Å². The number of rotatable bonds is 7. The molecular weight excluding hydrogens is 507 g/mol. The highest BCUT2D eigenvalue weighted by Gasteiger charge is 2.24. The van der Waals surface area contributed by atoms with Gasteiger partial charge in [-0.2, -0.15) is 0 Å². The molecule has 0 aliphatic rings. The Kier molecular flexibility index (Phi) is 9.35. The molecule has 0 atom stereocenters. The number of benzene rings is 1. The second-order valence-corrected chi connectivity index (χ2v) is 7.79. The molecule has 1 aromatic heterocycles. The lowest BCUT2D eigenvalue weighted by molar-refractivity contribution is -0.671. The van der Waals surface area contributed by atoms with Crippen LogP contribution in [0.1, 0.15) is 35.3 Å². The summed E-state index contributed by atoms with van der Waals surface area (Å²) < 4.78 is 12.6. The van der Waals surface area contributed by atoms with Gasteiger partial charge in [0.25, 0.3) is 5.91 Å². The molecule has 2 aromatic rings. The highest BCUT2D eigenvalue weighted by Crippen LogP contribution is 2.25. The number of amides is 1. The Hall–Kier alpha value is -1.87. The van der Waals surface area contributed by atoms with Crippen LogP contribution in [0, 0.1) is 13.8 Å². The lowest BCUT2D eigenvalue weighted by Crippen LogP contribution is -3.00. The Morgan fingerprint density at radius 2 is 1.69 bits per heavy atom. The van der Waals surface area contributed by atoms with Crippen LogP contribution in [0.3, 0.4) is 0 Å². The molecular formula is C21H26ClIN2O4. The fourth-order valence-corrected chi connectivity index (χ4v) is 2.61. The summed E-state index contributed by atoms with van der Waals surface area (Å²) in [6, 6.07) is 6.99. The maximum absolute atomic E-state index is 12.3. The monoisotopic (exact) mass is 532 g/mol. The third-order valence-corrected chi connectivity index (χ3v) is 4.65. The van der Waals surface area contributed by atoms with E-state index in [1.54, 1.807) is 50.5 Å². The Balaban J connectivity index is 0.00000420. The number of esters is 1. The van der Waals surface area contributed by atoms with Gasteiger partial charge >= 0.3 is 5.97 Å². The Labute approximate surface area is 193 Å². The van der Waals surface area contributed by atoms with E-state index >= 15 is 0 Å². The summed E-state index contributed by atoms with van der Waals surface area (Å²) >= 11 is 6.12. The molecule has 8 heteroatoms. The van der Waals surface area contributed by atoms with Crippen molar-refractivity contribution in [1.29, 1.82) is 0 Å². The second-order valence-electron chi connectivity index (χ2n) is 7.41. The van der Waals surface area contributed by atoms with E-state index in [1.807, 2.05) is 25.5 Å². The highest BCUT2D eigenvalue weighted by molar-refractivity contribution is 6.32. The largest absolute Gasteiger partial charge is 1.00 e. The standard InChI is InChI=1S/C21H25ClN2O4.HI/c1-14-10-17(11-15(2)19(14)22)27-12-18(25)28-13-21(3,4)23-20(26)16-6-8-24(5)9-7-16;/h6-11H,12-13H2,1-5H3;1H. The first kappa shape index (κ1) is 25.2. The summed E-state index contributed by atoms with van der Waals surface area (Å²) in [4.78, 5) is 24.3. The van der Waals surface area contributed by atoms with Gasteiger partial charge in [-0.3, -0.25) is 4.79 Å². The maximum atomic E-state index is 12.3. The van der Waals surface area contributed by atoms with Crippen molar-refractivity contribution in [1.82, 2.24) is 5.32 Å². The van der Waals surface area contributed by atoms with E-state index in [0.717, 1.165) is 11.1 Å². The minimum atomic E-state index is -0.724. The van der Waals surface area contributed by atoms with E-state index in [1.165, 1.54) is 0 Å². The summed E-state index contributed by atoms with van der Waals surface area (Å²) in [7, 11) is 1.87. The second kappa shape index (κ2) is 10.8. The van der Waals surface area contributed by atoms with Gasteiger partial charge in [-0.05, 0) is 51.0 Å². The van der Waals surface area contributed by atoms with Crippen molar-refractivity contribution in [2.75, 3.05) is 13.2 Å². The van der Waals surface area contributed by atoms with E-state index in [4.69, 9.17) is 21.1 Å². The van der Waals surface area contributed by atoms with Crippen molar-refractivity contribution in [2.45, 2.75) is 33.2 Å². The Morgan fingerprint density at radius 3 is 2.24 bits per heavy atom. The molecule has 0 radical (unpaired) electrons. The molecule has 158 valence electrons. The zero-order valence-corrected chi connectivity index (χ0v) is 20.1. The zero-order valence-electron chi connectivity index (χ0n) is 17.2. The van der Waals surface area contributed by atoms with E-state index in [9.17, 15) is 9.59 Å². The smallest absolute Gasteiger partial charge is 0.344 e. The summed E-state index contributed by atoms with van der Waals surface area (Å²) in [5, 5.41) is 3.54. The predicted molar refractivity (Wildman–Crippen MR) is 107 cm³/mol. The molecule has 6 nitrogen and oxygen atoms in total. The summed E-state index contributed by atoms with van der Waals surface area (Å²) in [6.07, 6.45) is 3.58. The van der Waals surface area contributed by atoms with E-state index in [-0.39, 0.29) is 43.1 Å². The van der Waals surface area contributed by atoms with Crippen LogP contribution in [0.2, 0.25) is 5.02 Å². The normalized spacial score (nSPS) is 10.7.